The van der Waals surface area contributed by atoms with Crippen LogP contribution in [0.1, 0.15) is 31.9 Å². The van der Waals surface area contributed by atoms with Crippen molar-refractivity contribution in [2.75, 3.05) is 69.6 Å². The van der Waals surface area contributed by atoms with Crippen LogP contribution in [0.4, 0.5) is 21.7 Å². The number of benzene rings is 1. The third-order valence-electron chi connectivity index (χ3n) is 6.88. The molecule has 0 atom stereocenters. The second-order valence-electron chi connectivity index (χ2n) is 9.51. The Morgan fingerprint density at radius 2 is 1.83 bits per heavy atom. The summed E-state index contributed by atoms with van der Waals surface area (Å²) in [6.07, 6.45) is 6.35. The molecule has 9 heteroatoms. The van der Waals surface area contributed by atoms with E-state index in [0.717, 1.165) is 64.3 Å². The first-order chi connectivity index (χ1) is 17.1. The Balaban J connectivity index is 1.39. The summed E-state index contributed by atoms with van der Waals surface area (Å²) in [5.41, 5.74) is 8.90. The fraction of sp³-hybridized carbons (Fsp3) is 0.538. The quantitative estimate of drug-likeness (QED) is 0.503. The zero-order valence-corrected chi connectivity index (χ0v) is 21.0. The van der Waals surface area contributed by atoms with Crippen LogP contribution in [0.15, 0.2) is 36.7 Å². The number of nitrogens with two attached hydrogens (primary N) is 1. The minimum absolute atomic E-state index is 0.189. The molecule has 4 N–H and O–H groups in total. The molecule has 2 saturated heterocycles. The van der Waals surface area contributed by atoms with Crippen LogP contribution in [0.25, 0.3) is 5.57 Å². The first-order valence-electron chi connectivity index (χ1n) is 12.8. The van der Waals surface area contributed by atoms with E-state index in [0.29, 0.717) is 17.6 Å². The number of hydrogen-bond donors (Lipinski definition) is 3. The van der Waals surface area contributed by atoms with Crippen LogP contribution in [-0.4, -0.2) is 85.2 Å². The second kappa shape index (κ2) is 12.3. The van der Waals surface area contributed by atoms with E-state index in [-0.39, 0.29) is 12.2 Å². The van der Waals surface area contributed by atoms with E-state index in [1.54, 1.807) is 0 Å². The lowest BCUT2D eigenvalue weighted by Gasteiger charge is -2.34. The van der Waals surface area contributed by atoms with Crippen LogP contribution in [-0.2, 0) is 0 Å². The molecule has 0 radical (unpaired) electrons. The summed E-state index contributed by atoms with van der Waals surface area (Å²) in [6.45, 7) is 9.89. The number of halogens is 1. The number of hydrogen-bond acceptors (Lipinski definition) is 8. The number of anilines is 3. The molecule has 1 aromatic heterocycles. The molecule has 0 aliphatic carbocycles. The molecule has 2 aliphatic heterocycles. The van der Waals surface area contributed by atoms with E-state index < -0.39 is 5.82 Å². The van der Waals surface area contributed by atoms with Crippen molar-refractivity contribution < 1.29 is 4.39 Å². The Morgan fingerprint density at radius 1 is 1.11 bits per heavy atom. The molecule has 0 spiro atoms. The predicted molar refractivity (Wildman–Crippen MR) is 141 cm³/mol. The van der Waals surface area contributed by atoms with Gasteiger partial charge in [0.05, 0.1) is 6.20 Å². The van der Waals surface area contributed by atoms with E-state index in [2.05, 4.69) is 61.4 Å². The summed E-state index contributed by atoms with van der Waals surface area (Å²) in [5, 5.41) is 6.65. The lowest BCUT2D eigenvalue weighted by atomic mass is 10.0. The highest BCUT2D eigenvalue weighted by molar-refractivity contribution is 5.66. The van der Waals surface area contributed by atoms with Crippen molar-refractivity contribution in [3.63, 3.8) is 0 Å². The molecular weight excluding hydrogens is 443 g/mol. The lowest BCUT2D eigenvalue weighted by molar-refractivity contribution is 0.204. The van der Waals surface area contributed by atoms with Gasteiger partial charge in [0.1, 0.15) is 5.69 Å². The number of nitrogens with zero attached hydrogens (tertiary/aromatic N) is 5. The maximum Gasteiger partial charge on any atom is 0.227 e. The van der Waals surface area contributed by atoms with Gasteiger partial charge >= 0.3 is 0 Å². The highest BCUT2D eigenvalue weighted by Gasteiger charge is 2.18. The fourth-order valence-corrected chi connectivity index (χ4v) is 4.68. The molecule has 2 aliphatic rings. The van der Waals surface area contributed by atoms with Crippen LogP contribution >= 0.6 is 0 Å². The Bertz CT molecular complexity index is 964. The topological polar surface area (TPSA) is 85.6 Å². The Kier molecular flexibility index (Phi) is 8.90. The van der Waals surface area contributed by atoms with Gasteiger partial charge in [-0.2, -0.15) is 0 Å². The molecule has 0 bridgehead atoms. The fourth-order valence-electron chi connectivity index (χ4n) is 4.68. The van der Waals surface area contributed by atoms with E-state index >= 15 is 0 Å². The first kappa shape index (κ1) is 25.3. The Hall–Kier alpha value is -2.75. The maximum absolute atomic E-state index is 14.6. The average Bonchev–Trinajstić information content (AvgIpc) is 2.88. The molecule has 1 aromatic carbocycles. The van der Waals surface area contributed by atoms with E-state index in [1.165, 1.54) is 18.3 Å². The number of piperazine rings is 1. The molecule has 0 amide bonds. The van der Waals surface area contributed by atoms with Gasteiger partial charge in [-0.25, -0.2) is 14.4 Å². The van der Waals surface area contributed by atoms with Crippen molar-refractivity contribution in [1.29, 1.82) is 0 Å². The zero-order valence-electron chi connectivity index (χ0n) is 21.0. The summed E-state index contributed by atoms with van der Waals surface area (Å²) in [5.74, 6) is -0.127. The van der Waals surface area contributed by atoms with Crippen molar-refractivity contribution >= 4 is 22.9 Å². The van der Waals surface area contributed by atoms with Gasteiger partial charge in [-0.3, -0.25) is 0 Å². The summed E-state index contributed by atoms with van der Waals surface area (Å²) in [6, 6.07) is 8.57. The van der Waals surface area contributed by atoms with Crippen molar-refractivity contribution in [3.8, 4) is 0 Å². The Morgan fingerprint density at radius 3 is 2.49 bits per heavy atom. The minimum atomic E-state index is -0.475. The van der Waals surface area contributed by atoms with Crippen molar-refractivity contribution in [3.05, 3.63) is 48.2 Å². The average molecular weight is 483 g/mol. The smallest absolute Gasteiger partial charge is 0.227 e. The van der Waals surface area contributed by atoms with Crippen molar-refractivity contribution in [2.24, 2.45) is 5.73 Å². The van der Waals surface area contributed by atoms with E-state index in [9.17, 15) is 4.39 Å². The van der Waals surface area contributed by atoms with Crippen LogP contribution in [0.2, 0.25) is 0 Å². The normalized spacial score (nSPS) is 18.6. The minimum Gasteiger partial charge on any atom is -0.388 e. The predicted octanol–water partition coefficient (Wildman–Crippen LogP) is 2.87. The molecule has 0 unspecified atom stereocenters. The molecule has 2 aromatic rings. The summed E-state index contributed by atoms with van der Waals surface area (Å²) >= 11 is 0. The number of likely N-dealkylation sites (tertiary alicyclic amines) is 1. The van der Waals surface area contributed by atoms with Crippen LogP contribution in [0.5, 0.6) is 0 Å². The standard InChI is InChI=1S/C26H39FN8/c1-3-10-34-11-8-21(9-12-34)29-18-20(17-28)25-24(27)19-30-26(32-25)31-22-4-6-23(7-5-22)35-15-13-33(2)14-16-35/h4-7,18-19,21,29H,3,8-17,28H2,1-2H3,(H,30,31,32)/b20-18+. The van der Waals surface area contributed by atoms with Gasteiger partial charge < -0.3 is 31.1 Å². The van der Waals surface area contributed by atoms with Gasteiger partial charge in [0, 0.05) is 75.0 Å². The maximum atomic E-state index is 14.6. The molecule has 2 fully saturated rings. The third kappa shape index (κ3) is 6.90. The van der Waals surface area contributed by atoms with Gasteiger partial charge in [0.25, 0.3) is 0 Å². The summed E-state index contributed by atoms with van der Waals surface area (Å²) < 4.78 is 14.6. The van der Waals surface area contributed by atoms with Crippen molar-refractivity contribution in [1.82, 2.24) is 25.1 Å². The van der Waals surface area contributed by atoms with Crippen LogP contribution in [0, 0.1) is 5.82 Å². The number of nitrogens with one attached hydrogen (secondary N) is 2. The highest BCUT2D eigenvalue weighted by atomic mass is 19.1. The van der Waals surface area contributed by atoms with Gasteiger partial charge in [-0.1, -0.05) is 6.92 Å². The number of likely N-dealkylation sites (N-methyl/N-ethyl adjacent to an activating group) is 1. The molecule has 8 nitrogen and oxygen atoms in total. The molecule has 190 valence electrons. The SMILES string of the molecule is CCCN1CCC(N/C=C(\CN)c2nc(Nc3ccc(N4CCN(C)CC4)cc3)ncc2F)CC1. The van der Waals surface area contributed by atoms with Gasteiger partial charge in [-0.05, 0) is 57.1 Å². The van der Waals surface area contributed by atoms with Crippen molar-refractivity contribution in [2.45, 2.75) is 32.2 Å². The number of aromatic nitrogens is 2. The zero-order chi connectivity index (χ0) is 24.6. The molecule has 0 saturated carbocycles. The van der Waals surface area contributed by atoms with E-state index in [1.807, 2.05) is 18.3 Å². The van der Waals surface area contributed by atoms with Crippen LogP contribution < -0.4 is 21.3 Å². The largest absolute Gasteiger partial charge is 0.388 e. The number of rotatable bonds is 9. The molecule has 4 rings (SSSR count). The Labute approximate surface area is 208 Å². The van der Waals surface area contributed by atoms with Gasteiger partial charge in [0.15, 0.2) is 5.82 Å². The second-order valence-corrected chi connectivity index (χ2v) is 9.51. The number of piperidine rings is 1. The van der Waals surface area contributed by atoms with Crippen LogP contribution in [0.3, 0.4) is 0 Å². The van der Waals surface area contributed by atoms with E-state index in [4.69, 9.17) is 5.73 Å². The van der Waals surface area contributed by atoms with Gasteiger partial charge in [0.2, 0.25) is 5.95 Å². The third-order valence-corrected chi connectivity index (χ3v) is 6.88. The summed E-state index contributed by atoms with van der Waals surface area (Å²) in [4.78, 5) is 15.8. The first-order valence-corrected chi connectivity index (χ1v) is 12.8. The summed E-state index contributed by atoms with van der Waals surface area (Å²) in [7, 11) is 2.15. The van der Waals surface area contributed by atoms with Gasteiger partial charge in [-0.15, -0.1) is 0 Å². The molecule has 35 heavy (non-hydrogen) atoms. The molecule has 3 heterocycles. The monoisotopic (exact) mass is 482 g/mol. The highest BCUT2D eigenvalue weighted by Crippen LogP contribution is 2.22. The molecular formula is C26H39FN8. The lowest BCUT2D eigenvalue weighted by Crippen LogP contribution is -2.44.